The van der Waals surface area contributed by atoms with Crippen molar-refractivity contribution >= 4 is 27.8 Å². The lowest BCUT2D eigenvalue weighted by molar-refractivity contribution is 0.422. The maximum Gasteiger partial charge on any atom is 0.0543 e. The van der Waals surface area contributed by atoms with E-state index in [0.29, 0.717) is 11.8 Å². The van der Waals surface area contributed by atoms with Crippen molar-refractivity contribution in [3.63, 3.8) is 0 Å². The fourth-order valence-corrected chi connectivity index (χ4v) is 11.8. The largest absolute Gasteiger partial charge is 0.309 e. The smallest absolute Gasteiger partial charge is 0.0543 e. The van der Waals surface area contributed by atoms with Crippen molar-refractivity contribution in [1.82, 2.24) is 0 Å². The number of hydrogen-bond donors (Lipinski definition) is 0. The van der Waals surface area contributed by atoms with Crippen LogP contribution in [-0.4, -0.2) is 0 Å². The zero-order chi connectivity index (χ0) is 38.1. The molecule has 0 radical (unpaired) electrons. The molecule has 4 aliphatic rings. The second-order valence-electron chi connectivity index (χ2n) is 18.3. The van der Waals surface area contributed by atoms with E-state index in [9.17, 15) is 0 Å². The molecule has 0 aliphatic heterocycles. The van der Waals surface area contributed by atoms with E-state index in [1.165, 1.54) is 136 Å². The SMILES string of the molecule is CC1(C)c2cc(-c3ccccc3)ccc2-c2cc(-c3ccccc3)c(N(c3ccc(C4CCCCC4)cc3)c3ccc(C4CC5CCC4C5)c4ccccc34)cc21. The van der Waals surface area contributed by atoms with Gasteiger partial charge in [0.1, 0.15) is 0 Å². The summed E-state index contributed by atoms with van der Waals surface area (Å²) in [6.07, 6.45) is 12.3. The standard InChI is InChI=1S/C56H53N/c1-56(2)52-34-42(39-16-8-4-9-17-39)26-29-47(52)51-35-50(41-18-10-5-11-19-41)55(36-53(51)56)57(44-27-24-40(25-28-44)38-14-6-3-7-15-38)54-31-30-46(45-20-12-13-21-48(45)54)49-33-37-22-23-43(49)32-37/h4-5,8-13,16-21,24-31,34-38,43,49H,3,6-7,14-15,22-23,32-33H2,1-2H3. The minimum absolute atomic E-state index is 0.177. The molecule has 0 heterocycles. The van der Waals surface area contributed by atoms with Crippen LogP contribution in [0.5, 0.6) is 0 Å². The quantitative estimate of drug-likeness (QED) is 0.157. The van der Waals surface area contributed by atoms with Crippen LogP contribution in [0.2, 0.25) is 0 Å². The van der Waals surface area contributed by atoms with Gasteiger partial charge in [-0.1, -0.05) is 155 Å². The molecule has 1 nitrogen and oxygen atoms in total. The number of hydrogen-bond acceptors (Lipinski definition) is 1. The minimum Gasteiger partial charge on any atom is -0.309 e. The van der Waals surface area contributed by atoms with Crippen molar-refractivity contribution in [2.45, 2.75) is 88.9 Å². The Bertz CT molecular complexity index is 2590. The highest BCUT2D eigenvalue weighted by Gasteiger charge is 2.41. The van der Waals surface area contributed by atoms with Gasteiger partial charge in [0, 0.05) is 22.1 Å². The first kappa shape index (κ1) is 34.8. The Morgan fingerprint density at radius 1 is 0.491 bits per heavy atom. The Morgan fingerprint density at radius 2 is 1.19 bits per heavy atom. The normalized spacial score (nSPS) is 20.8. The summed E-state index contributed by atoms with van der Waals surface area (Å²) in [4.78, 5) is 2.62. The van der Waals surface area contributed by atoms with Crippen LogP contribution in [0.1, 0.15) is 106 Å². The van der Waals surface area contributed by atoms with Crippen LogP contribution in [-0.2, 0) is 5.41 Å². The van der Waals surface area contributed by atoms with E-state index in [1.54, 1.807) is 5.56 Å². The summed E-state index contributed by atoms with van der Waals surface area (Å²) in [6.45, 7) is 4.86. The average molecular weight is 740 g/mol. The third-order valence-corrected chi connectivity index (χ3v) is 14.8. The molecule has 3 fully saturated rings. The summed E-state index contributed by atoms with van der Waals surface area (Å²) in [5.74, 6) is 3.09. The summed E-state index contributed by atoms with van der Waals surface area (Å²) in [7, 11) is 0. The maximum absolute atomic E-state index is 2.62. The van der Waals surface area contributed by atoms with Gasteiger partial charge in [-0.25, -0.2) is 0 Å². The van der Waals surface area contributed by atoms with Gasteiger partial charge in [0.15, 0.2) is 0 Å². The zero-order valence-corrected chi connectivity index (χ0v) is 33.6. The number of rotatable bonds is 7. The van der Waals surface area contributed by atoms with Crippen molar-refractivity contribution in [2.75, 3.05) is 4.90 Å². The highest BCUT2D eigenvalue weighted by atomic mass is 15.1. The number of fused-ring (bicyclic) bond motifs is 6. The molecule has 4 aliphatic carbocycles. The molecule has 0 spiro atoms. The Kier molecular flexibility index (Phi) is 8.50. The predicted molar refractivity (Wildman–Crippen MR) is 241 cm³/mol. The zero-order valence-electron chi connectivity index (χ0n) is 33.6. The van der Waals surface area contributed by atoms with E-state index in [-0.39, 0.29) is 5.41 Å². The molecule has 0 aromatic heterocycles. The lowest BCUT2D eigenvalue weighted by Crippen LogP contribution is -2.18. The molecule has 2 bridgehead atoms. The summed E-state index contributed by atoms with van der Waals surface area (Å²) >= 11 is 0. The van der Waals surface area contributed by atoms with E-state index in [0.717, 1.165) is 11.8 Å². The van der Waals surface area contributed by atoms with Gasteiger partial charge in [0.05, 0.1) is 11.4 Å². The number of nitrogens with zero attached hydrogens (tertiary/aromatic N) is 1. The molecule has 3 saturated carbocycles. The van der Waals surface area contributed by atoms with Gasteiger partial charge in [-0.05, 0) is 148 Å². The van der Waals surface area contributed by atoms with Gasteiger partial charge in [0.25, 0.3) is 0 Å². The van der Waals surface area contributed by atoms with Gasteiger partial charge in [-0.2, -0.15) is 0 Å². The summed E-state index contributed by atoms with van der Waals surface area (Å²) in [6, 6.07) is 58.3. The van der Waals surface area contributed by atoms with Crippen molar-refractivity contribution in [3.05, 3.63) is 174 Å². The molecule has 282 valence electrons. The molecule has 11 rings (SSSR count). The monoisotopic (exact) mass is 739 g/mol. The van der Waals surface area contributed by atoms with Gasteiger partial charge in [-0.3, -0.25) is 0 Å². The van der Waals surface area contributed by atoms with E-state index in [2.05, 4.69) is 170 Å². The lowest BCUT2D eigenvalue weighted by atomic mass is 9.80. The average Bonchev–Trinajstić information content (AvgIpc) is 3.97. The Labute approximate surface area is 339 Å². The highest BCUT2D eigenvalue weighted by molar-refractivity contribution is 6.04. The third kappa shape index (κ3) is 5.88. The molecule has 57 heavy (non-hydrogen) atoms. The first-order chi connectivity index (χ1) is 28.0. The maximum atomic E-state index is 2.62. The first-order valence-electron chi connectivity index (χ1n) is 21.9. The van der Waals surface area contributed by atoms with Crippen molar-refractivity contribution in [3.8, 4) is 33.4 Å². The Balaban J connectivity index is 1.13. The van der Waals surface area contributed by atoms with Crippen molar-refractivity contribution in [1.29, 1.82) is 0 Å². The van der Waals surface area contributed by atoms with Crippen LogP contribution in [0.3, 0.4) is 0 Å². The highest BCUT2D eigenvalue weighted by Crippen LogP contribution is 2.57. The predicted octanol–water partition coefficient (Wildman–Crippen LogP) is 15.9. The lowest BCUT2D eigenvalue weighted by Gasteiger charge is -2.32. The second-order valence-corrected chi connectivity index (χ2v) is 18.3. The molecule has 0 N–H and O–H groups in total. The fourth-order valence-electron chi connectivity index (χ4n) is 11.8. The fraction of sp³-hybridized carbons (Fsp3) is 0.286. The molecule has 3 unspecified atom stereocenters. The number of anilines is 3. The Hall–Kier alpha value is -5.40. The molecule has 1 heteroatoms. The number of benzene rings is 7. The van der Waals surface area contributed by atoms with Crippen LogP contribution in [0.25, 0.3) is 44.2 Å². The summed E-state index contributed by atoms with van der Waals surface area (Å²) in [5, 5.41) is 2.78. The van der Waals surface area contributed by atoms with E-state index in [4.69, 9.17) is 0 Å². The van der Waals surface area contributed by atoms with E-state index >= 15 is 0 Å². The van der Waals surface area contributed by atoms with Gasteiger partial charge >= 0.3 is 0 Å². The Morgan fingerprint density at radius 3 is 1.91 bits per heavy atom. The van der Waals surface area contributed by atoms with E-state index < -0.39 is 0 Å². The van der Waals surface area contributed by atoms with Crippen LogP contribution in [0.15, 0.2) is 152 Å². The van der Waals surface area contributed by atoms with Crippen LogP contribution in [0.4, 0.5) is 17.1 Å². The molecular weight excluding hydrogens is 687 g/mol. The molecular formula is C56H53N. The van der Waals surface area contributed by atoms with Crippen molar-refractivity contribution < 1.29 is 0 Å². The van der Waals surface area contributed by atoms with Gasteiger partial charge < -0.3 is 4.90 Å². The first-order valence-corrected chi connectivity index (χ1v) is 21.9. The molecule has 3 atom stereocenters. The van der Waals surface area contributed by atoms with Crippen LogP contribution < -0.4 is 4.90 Å². The molecule has 7 aromatic rings. The summed E-state index contributed by atoms with van der Waals surface area (Å²) in [5.41, 5.74) is 17.2. The van der Waals surface area contributed by atoms with Gasteiger partial charge in [0.2, 0.25) is 0 Å². The topological polar surface area (TPSA) is 3.24 Å². The molecule has 7 aromatic carbocycles. The van der Waals surface area contributed by atoms with E-state index in [1.807, 2.05) is 0 Å². The van der Waals surface area contributed by atoms with Crippen LogP contribution >= 0.6 is 0 Å². The van der Waals surface area contributed by atoms with Crippen LogP contribution in [0, 0.1) is 11.8 Å². The molecule has 0 saturated heterocycles. The minimum atomic E-state index is -0.177. The third-order valence-electron chi connectivity index (χ3n) is 14.8. The molecule has 0 amide bonds. The second kappa shape index (κ2) is 13.9. The summed E-state index contributed by atoms with van der Waals surface area (Å²) < 4.78 is 0. The van der Waals surface area contributed by atoms with Gasteiger partial charge in [-0.15, -0.1) is 0 Å². The van der Waals surface area contributed by atoms with Crippen molar-refractivity contribution in [2.24, 2.45) is 11.8 Å².